The number of hydrogen-bond acceptors (Lipinski definition) is 2. The number of ether oxygens (including phenoxy) is 1. The molecule has 0 aliphatic carbocycles. The molecule has 12 heavy (non-hydrogen) atoms. The van der Waals surface area contributed by atoms with Gasteiger partial charge in [0.25, 0.3) is 0 Å². The van der Waals surface area contributed by atoms with Crippen LogP contribution in [0.2, 0.25) is 0 Å². The van der Waals surface area contributed by atoms with Crippen LogP contribution >= 0.6 is 0 Å². The zero-order chi connectivity index (χ0) is 8.97. The number of hydrogen-bond donors (Lipinski definition) is 0. The second-order valence-corrected chi connectivity index (χ2v) is 2.26. The third-order valence-corrected chi connectivity index (χ3v) is 1.52. The zero-order valence-electron chi connectivity index (χ0n) is 6.62. The highest BCUT2D eigenvalue weighted by molar-refractivity contribution is 5.30. The smallest absolute Gasteiger partial charge is 0.211 e. The molecule has 0 bridgehead atoms. The van der Waals surface area contributed by atoms with E-state index >= 15 is 0 Å². The molecule has 0 spiro atoms. The van der Waals surface area contributed by atoms with E-state index in [2.05, 4.69) is 0 Å². The minimum Gasteiger partial charge on any atom is -0.497 e. The maximum absolute atomic E-state index is 12.7. The predicted molar refractivity (Wildman–Crippen MR) is 42.5 cm³/mol. The molecule has 0 fully saturated rings. The number of rotatable bonds is 2. The normalized spacial score (nSPS) is 11.8. The minimum absolute atomic E-state index is 0.360. The number of halogens is 1. The molecule has 1 unspecified atom stereocenters. The molecule has 3 heteroatoms. The Balaban J connectivity index is 2.86. The molecule has 1 atom stereocenters. The van der Waals surface area contributed by atoms with Crippen molar-refractivity contribution >= 4 is 0 Å². The molecular formula is C9H8FNO. The monoisotopic (exact) mass is 165 g/mol. The molecule has 62 valence electrons. The molecule has 0 amide bonds. The van der Waals surface area contributed by atoms with Crippen molar-refractivity contribution in [1.82, 2.24) is 0 Å². The summed E-state index contributed by atoms with van der Waals surface area (Å²) < 4.78 is 17.6. The van der Waals surface area contributed by atoms with Gasteiger partial charge in [-0.2, -0.15) is 5.26 Å². The molecule has 0 aliphatic rings. The standard InChI is InChI=1S/C9H8FNO/c1-12-8-4-2-7(3-5-8)9(10)6-11/h2-5,9H,1H3. The van der Waals surface area contributed by atoms with Gasteiger partial charge in [0.1, 0.15) is 11.8 Å². The van der Waals surface area contributed by atoms with Crippen LogP contribution < -0.4 is 4.74 Å². The van der Waals surface area contributed by atoms with E-state index in [0.29, 0.717) is 11.3 Å². The first-order chi connectivity index (χ1) is 5.77. The van der Waals surface area contributed by atoms with Crippen LogP contribution in [0.1, 0.15) is 11.7 Å². The summed E-state index contributed by atoms with van der Waals surface area (Å²) in [4.78, 5) is 0. The van der Waals surface area contributed by atoms with Crippen molar-refractivity contribution in [3.63, 3.8) is 0 Å². The Morgan fingerprint density at radius 3 is 2.42 bits per heavy atom. The molecule has 0 radical (unpaired) electrons. The summed E-state index contributed by atoms with van der Waals surface area (Å²) in [6, 6.07) is 7.83. The van der Waals surface area contributed by atoms with Gasteiger partial charge < -0.3 is 4.74 Å². The third kappa shape index (κ3) is 1.73. The predicted octanol–water partition coefficient (Wildman–Crippen LogP) is 2.23. The fourth-order valence-electron chi connectivity index (χ4n) is 0.847. The molecule has 0 aromatic heterocycles. The summed E-state index contributed by atoms with van der Waals surface area (Å²) in [6.07, 6.45) is -1.55. The summed E-state index contributed by atoms with van der Waals surface area (Å²) in [5.74, 6) is 0.656. The Hall–Kier alpha value is -1.56. The highest BCUT2D eigenvalue weighted by atomic mass is 19.1. The van der Waals surface area contributed by atoms with Gasteiger partial charge in [-0.1, -0.05) is 12.1 Å². The van der Waals surface area contributed by atoms with Crippen molar-refractivity contribution in [2.45, 2.75) is 6.17 Å². The summed E-state index contributed by atoms with van der Waals surface area (Å²) in [5, 5.41) is 8.26. The van der Waals surface area contributed by atoms with E-state index in [1.54, 1.807) is 12.1 Å². The fraction of sp³-hybridized carbons (Fsp3) is 0.222. The zero-order valence-corrected chi connectivity index (χ0v) is 6.62. The molecule has 1 rings (SSSR count). The second kappa shape index (κ2) is 3.72. The minimum atomic E-state index is -1.55. The molecular weight excluding hydrogens is 157 g/mol. The highest BCUT2D eigenvalue weighted by Crippen LogP contribution is 2.19. The highest BCUT2D eigenvalue weighted by Gasteiger charge is 2.06. The number of methoxy groups -OCH3 is 1. The lowest BCUT2D eigenvalue weighted by molar-refractivity contribution is 0.410. The quantitative estimate of drug-likeness (QED) is 0.673. The van der Waals surface area contributed by atoms with Crippen LogP contribution in [-0.4, -0.2) is 7.11 Å². The Bertz CT molecular complexity index is 288. The van der Waals surface area contributed by atoms with Gasteiger partial charge in [0.05, 0.1) is 7.11 Å². The van der Waals surface area contributed by atoms with E-state index in [4.69, 9.17) is 10.00 Å². The number of alkyl halides is 1. The van der Waals surface area contributed by atoms with Gasteiger partial charge in [-0.15, -0.1) is 0 Å². The van der Waals surface area contributed by atoms with Gasteiger partial charge in [-0.25, -0.2) is 4.39 Å². The third-order valence-electron chi connectivity index (χ3n) is 1.52. The van der Waals surface area contributed by atoms with Crippen LogP contribution in [0.25, 0.3) is 0 Å². The van der Waals surface area contributed by atoms with Crippen molar-refractivity contribution in [3.8, 4) is 11.8 Å². The average molecular weight is 165 g/mol. The van der Waals surface area contributed by atoms with E-state index in [1.807, 2.05) is 0 Å². The van der Waals surface area contributed by atoms with Crippen LogP contribution in [0.3, 0.4) is 0 Å². The SMILES string of the molecule is COc1ccc(C(F)C#N)cc1. The fourth-order valence-corrected chi connectivity index (χ4v) is 0.847. The van der Waals surface area contributed by atoms with Gasteiger partial charge in [0.15, 0.2) is 0 Å². The summed E-state index contributed by atoms with van der Waals surface area (Å²) in [6.45, 7) is 0. The van der Waals surface area contributed by atoms with Crippen LogP contribution in [0, 0.1) is 11.3 Å². The lowest BCUT2D eigenvalue weighted by Gasteiger charge is -2.01. The van der Waals surface area contributed by atoms with Gasteiger partial charge in [0.2, 0.25) is 6.17 Å². The van der Waals surface area contributed by atoms with Crippen molar-refractivity contribution in [1.29, 1.82) is 5.26 Å². The van der Waals surface area contributed by atoms with E-state index in [-0.39, 0.29) is 0 Å². The lowest BCUT2D eigenvalue weighted by Crippen LogP contribution is -1.88. The number of benzene rings is 1. The first kappa shape index (κ1) is 8.54. The van der Waals surface area contributed by atoms with Crippen molar-refractivity contribution in [2.75, 3.05) is 7.11 Å². The molecule has 0 heterocycles. The van der Waals surface area contributed by atoms with E-state index in [1.165, 1.54) is 25.3 Å². The van der Waals surface area contributed by atoms with Gasteiger partial charge >= 0.3 is 0 Å². The molecule has 0 aliphatic heterocycles. The first-order valence-corrected chi connectivity index (χ1v) is 3.45. The number of nitrogens with zero attached hydrogens (tertiary/aromatic N) is 1. The molecule has 0 N–H and O–H groups in total. The summed E-state index contributed by atoms with van der Waals surface area (Å²) in [5.41, 5.74) is 0.360. The second-order valence-electron chi connectivity index (χ2n) is 2.26. The topological polar surface area (TPSA) is 33.0 Å². The van der Waals surface area contributed by atoms with Crippen LogP contribution in [0.4, 0.5) is 4.39 Å². The largest absolute Gasteiger partial charge is 0.497 e. The van der Waals surface area contributed by atoms with E-state index in [0.717, 1.165) is 0 Å². The van der Waals surface area contributed by atoms with Crippen molar-refractivity contribution in [3.05, 3.63) is 29.8 Å². The number of nitriles is 1. The molecule has 0 saturated carbocycles. The maximum atomic E-state index is 12.7. The van der Waals surface area contributed by atoms with Gasteiger partial charge in [-0.3, -0.25) is 0 Å². The Kier molecular flexibility index (Phi) is 2.65. The Labute approximate surface area is 70.2 Å². The summed E-state index contributed by atoms with van der Waals surface area (Å²) >= 11 is 0. The molecule has 0 saturated heterocycles. The average Bonchev–Trinajstić information content (AvgIpc) is 2.17. The maximum Gasteiger partial charge on any atom is 0.211 e. The van der Waals surface area contributed by atoms with E-state index < -0.39 is 6.17 Å². The van der Waals surface area contributed by atoms with Crippen molar-refractivity contribution < 1.29 is 9.13 Å². The Morgan fingerprint density at radius 1 is 1.42 bits per heavy atom. The van der Waals surface area contributed by atoms with Crippen LogP contribution in [0.15, 0.2) is 24.3 Å². The summed E-state index contributed by atoms with van der Waals surface area (Å²) in [7, 11) is 1.53. The van der Waals surface area contributed by atoms with Gasteiger partial charge in [-0.05, 0) is 12.1 Å². The van der Waals surface area contributed by atoms with Crippen LogP contribution in [0.5, 0.6) is 5.75 Å². The lowest BCUT2D eigenvalue weighted by atomic mass is 10.1. The van der Waals surface area contributed by atoms with Crippen LogP contribution in [-0.2, 0) is 0 Å². The first-order valence-electron chi connectivity index (χ1n) is 3.45. The van der Waals surface area contributed by atoms with Crippen molar-refractivity contribution in [2.24, 2.45) is 0 Å². The molecule has 1 aromatic carbocycles. The van der Waals surface area contributed by atoms with E-state index in [9.17, 15) is 4.39 Å². The molecule has 1 aromatic rings. The molecule has 2 nitrogen and oxygen atoms in total. The van der Waals surface area contributed by atoms with Gasteiger partial charge in [0, 0.05) is 5.56 Å². The Morgan fingerprint density at radius 2 is 2.00 bits per heavy atom.